The minimum atomic E-state index is 0.185. The minimum Gasteiger partial charge on any atom is -0.508 e. The molecule has 17 heavy (non-hydrogen) atoms. The molecule has 3 rings (SSSR count). The van der Waals surface area contributed by atoms with Crippen molar-refractivity contribution in [3.63, 3.8) is 0 Å². The van der Waals surface area contributed by atoms with E-state index in [9.17, 15) is 9.90 Å². The Morgan fingerprint density at radius 2 is 2.06 bits per heavy atom. The van der Waals surface area contributed by atoms with Crippen molar-refractivity contribution in [2.45, 2.75) is 13.2 Å². The third-order valence-electron chi connectivity index (χ3n) is 2.80. The predicted molar refractivity (Wildman–Crippen MR) is 59.1 cm³/mol. The monoisotopic (exact) mass is 230 g/mol. The van der Waals surface area contributed by atoms with Crippen LogP contribution in [0.1, 0.15) is 21.7 Å². The van der Waals surface area contributed by atoms with Crippen LogP contribution >= 0.6 is 0 Å². The second-order valence-corrected chi connectivity index (χ2v) is 3.85. The van der Waals surface area contributed by atoms with Crippen molar-refractivity contribution in [2.75, 3.05) is 0 Å². The molecule has 1 aromatic carbocycles. The van der Waals surface area contributed by atoms with E-state index in [2.05, 4.69) is 5.10 Å². The summed E-state index contributed by atoms with van der Waals surface area (Å²) < 4.78 is 6.82. The van der Waals surface area contributed by atoms with Crippen LogP contribution in [0.4, 0.5) is 0 Å². The molecule has 0 unspecified atom stereocenters. The summed E-state index contributed by atoms with van der Waals surface area (Å²) in [5.41, 5.74) is 2.93. The van der Waals surface area contributed by atoms with Crippen molar-refractivity contribution in [1.82, 2.24) is 9.78 Å². The van der Waals surface area contributed by atoms with Gasteiger partial charge in [0.2, 0.25) is 0 Å². The molecule has 5 heteroatoms. The maximum atomic E-state index is 11.1. The van der Waals surface area contributed by atoms with Crippen LogP contribution in [0.15, 0.2) is 24.3 Å². The fourth-order valence-corrected chi connectivity index (χ4v) is 1.95. The summed E-state index contributed by atoms with van der Waals surface area (Å²) in [6, 6.07) is 6.55. The van der Waals surface area contributed by atoms with E-state index < -0.39 is 0 Å². The Morgan fingerprint density at radius 3 is 2.76 bits per heavy atom. The molecule has 0 radical (unpaired) electrons. The van der Waals surface area contributed by atoms with Gasteiger partial charge in [-0.2, -0.15) is 5.10 Å². The van der Waals surface area contributed by atoms with Gasteiger partial charge in [-0.1, -0.05) is 0 Å². The first-order valence-electron chi connectivity index (χ1n) is 5.22. The topological polar surface area (TPSA) is 64.4 Å². The van der Waals surface area contributed by atoms with Crippen LogP contribution in [0, 0.1) is 0 Å². The fraction of sp³-hybridized carbons (Fsp3) is 0.167. The number of hydrogen-bond acceptors (Lipinski definition) is 4. The maximum Gasteiger partial charge on any atom is 0.168 e. The lowest BCUT2D eigenvalue weighted by Crippen LogP contribution is -2.03. The smallest absolute Gasteiger partial charge is 0.168 e. The van der Waals surface area contributed by atoms with Crippen LogP contribution in [0.2, 0.25) is 0 Å². The molecule has 1 aliphatic rings. The largest absolute Gasteiger partial charge is 0.508 e. The summed E-state index contributed by atoms with van der Waals surface area (Å²) in [5.74, 6) is 0.185. The molecule has 1 aliphatic heterocycles. The number of phenols is 1. The highest BCUT2D eigenvalue weighted by Crippen LogP contribution is 2.24. The van der Waals surface area contributed by atoms with Gasteiger partial charge < -0.3 is 9.84 Å². The number of rotatable bonds is 2. The Kier molecular flexibility index (Phi) is 2.19. The molecule has 0 aliphatic carbocycles. The molecule has 0 spiro atoms. The van der Waals surface area contributed by atoms with Gasteiger partial charge in [-0.25, -0.2) is 4.68 Å². The number of ether oxygens (including phenoxy) is 1. The van der Waals surface area contributed by atoms with Gasteiger partial charge >= 0.3 is 0 Å². The molecule has 2 aromatic rings. The van der Waals surface area contributed by atoms with Crippen LogP contribution in [-0.2, 0) is 18.0 Å². The van der Waals surface area contributed by atoms with E-state index in [1.807, 2.05) is 0 Å². The quantitative estimate of drug-likeness (QED) is 0.792. The molecule has 0 saturated carbocycles. The molecular weight excluding hydrogens is 220 g/mol. The van der Waals surface area contributed by atoms with Gasteiger partial charge in [-0.15, -0.1) is 0 Å². The summed E-state index contributed by atoms with van der Waals surface area (Å²) in [6.07, 6.45) is 0.785. The van der Waals surface area contributed by atoms with Crippen LogP contribution in [0.3, 0.4) is 0 Å². The first-order chi connectivity index (χ1) is 8.29. The Bertz CT molecular complexity index is 572. The number of phenolic OH excluding ortho intramolecular Hbond substituents is 1. The summed E-state index contributed by atoms with van der Waals surface area (Å²) in [5, 5.41) is 13.6. The highest BCUT2D eigenvalue weighted by molar-refractivity contribution is 5.76. The number of carbonyl (C=O) groups excluding carboxylic acids is 1. The van der Waals surface area contributed by atoms with Gasteiger partial charge in [-0.3, -0.25) is 4.79 Å². The molecule has 0 saturated heterocycles. The van der Waals surface area contributed by atoms with Crippen molar-refractivity contribution in [2.24, 2.45) is 0 Å². The van der Waals surface area contributed by atoms with Crippen LogP contribution in [0.5, 0.6) is 5.75 Å². The number of carbonyl (C=O) groups is 1. The third-order valence-corrected chi connectivity index (χ3v) is 2.80. The molecule has 1 aromatic heterocycles. The molecule has 86 valence electrons. The SMILES string of the molecule is O=Cc1c2c(nn1-c1ccc(O)cc1)COC2. The van der Waals surface area contributed by atoms with E-state index in [1.165, 1.54) is 0 Å². The second kappa shape index (κ2) is 3.71. The molecule has 0 bridgehead atoms. The lowest BCUT2D eigenvalue weighted by atomic mass is 10.2. The van der Waals surface area contributed by atoms with Gasteiger partial charge in [0.1, 0.15) is 11.4 Å². The Morgan fingerprint density at radius 1 is 1.29 bits per heavy atom. The number of fused-ring (bicyclic) bond motifs is 1. The van der Waals surface area contributed by atoms with Crippen molar-refractivity contribution >= 4 is 6.29 Å². The highest BCUT2D eigenvalue weighted by atomic mass is 16.5. The fourth-order valence-electron chi connectivity index (χ4n) is 1.95. The molecule has 2 heterocycles. The number of aldehydes is 1. The zero-order valence-corrected chi connectivity index (χ0v) is 8.96. The predicted octanol–water partition coefficient (Wildman–Crippen LogP) is 1.42. The average molecular weight is 230 g/mol. The van der Waals surface area contributed by atoms with Crippen molar-refractivity contribution in [3.05, 3.63) is 41.2 Å². The first-order valence-corrected chi connectivity index (χ1v) is 5.22. The lowest BCUT2D eigenvalue weighted by molar-refractivity contribution is 0.110. The van der Waals surface area contributed by atoms with E-state index >= 15 is 0 Å². The summed E-state index contributed by atoms with van der Waals surface area (Å²) >= 11 is 0. The van der Waals surface area contributed by atoms with Gasteiger partial charge in [-0.05, 0) is 24.3 Å². The van der Waals surface area contributed by atoms with E-state index in [0.717, 1.165) is 23.2 Å². The zero-order chi connectivity index (χ0) is 11.8. The van der Waals surface area contributed by atoms with E-state index in [1.54, 1.807) is 28.9 Å². The zero-order valence-electron chi connectivity index (χ0n) is 8.96. The van der Waals surface area contributed by atoms with E-state index in [-0.39, 0.29) is 5.75 Å². The lowest BCUT2D eigenvalue weighted by Gasteiger charge is -2.04. The first kappa shape index (κ1) is 10.0. The average Bonchev–Trinajstić information content (AvgIpc) is 2.89. The number of hydrogen-bond donors (Lipinski definition) is 1. The van der Waals surface area contributed by atoms with Gasteiger partial charge in [0.25, 0.3) is 0 Å². The standard InChI is InChI=1S/C12H10N2O3/c15-5-12-10-6-17-7-11(10)13-14(12)8-1-3-9(16)4-2-8/h1-5,16H,6-7H2. The number of benzene rings is 1. The molecule has 0 fully saturated rings. The van der Waals surface area contributed by atoms with Gasteiger partial charge in [0.15, 0.2) is 6.29 Å². The van der Waals surface area contributed by atoms with E-state index in [4.69, 9.17) is 4.74 Å². The van der Waals surface area contributed by atoms with Crippen LogP contribution in [-0.4, -0.2) is 21.2 Å². The molecule has 5 nitrogen and oxygen atoms in total. The molecule has 0 amide bonds. The van der Waals surface area contributed by atoms with Crippen molar-refractivity contribution in [3.8, 4) is 11.4 Å². The van der Waals surface area contributed by atoms with Crippen LogP contribution < -0.4 is 0 Å². The number of aromatic nitrogens is 2. The summed E-state index contributed by atoms with van der Waals surface area (Å²) in [6.45, 7) is 0.878. The maximum absolute atomic E-state index is 11.1. The van der Waals surface area contributed by atoms with E-state index in [0.29, 0.717) is 18.9 Å². The number of aromatic hydroxyl groups is 1. The Labute approximate surface area is 97.3 Å². The Hall–Kier alpha value is -2.14. The molecular formula is C12H10N2O3. The van der Waals surface area contributed by atoms with Gasteiger partial charge in [0, 0.05) is 5.56 Å². The normalized spacial score (nSPS) is 13.6. The van der Waals surface area contributed by atoms with Crippen molar-refractivity contribution in [1.29, 1.82) is 0 Å². The van der Waals surface area contributed by atoms with Gasteiger partial charge in [0.05, 0.1) is 24.6 Å². The summed E-state index contributed by atoms with van der Waals surface area (Å²) in [4.78, 5) is 11.1. The number of nitrogens with zero attached hydrogens (tertiary/aromatic N) is 2. The van der Waals surface area contributed by atoms with Crippen LogP contribution in [0.25, 0.3) is 5.69 Å². The third kappa shape index (κ3) is 1.52. The highest BCUT2D eigenvalue weighted by Gasteiger charge is 2.22. The molecule has 1 N–H and O–H groups in total. The second-order valence-electron chi connectivity index (χ2n) is 3.85. The van der Waals surface area contributed by atoms with Crippen molar-refractivity contribution < 1.29 is 14.6 Å². The summed E-state index contributed by atoms with van der Waals surface area (Å²) in [7, 11) is 0. The molecule has 0 atom stereocenters. The minimum absolute atomic E-state index is 0.185. The Balaban J connectivity index is 2.15.